The van der Waals surface area contributed by atoms with Crippen molar-refractivity contribution in [3.8, 4) is 0 Å². The van der Waals surface area contributed by atoms with E-state index in [0.29, 0.717) is 17.3 Å². The lowest BCUT2D eigenvalue weighted by atomic mass is 10.2. The first-order valence-electron chi connectivity index (χ1n) is 6.15. The molecule has 3 aromatic rings. The molecule has 0 fully saturated rings. The summed E-state index contributed by atoms with van der Waals surface area (Å²) < 4.78 is 2.53. The van der Waals surface area contributed by atoms with Crippen LogP contribution in [0.4, 0.5) is 0 Å². The molecule has 3 aromatic heterocycles. The summed E-state index contributed by atoms with van der Waals surface area (Å²) in [4.78, 5) is 20.4. The molecule has 0 bridgehead atoms. The highest BCUT2D eigenvalue weighted by Crippen LogP contribution is 2.13. The molecule has 0 aromatic carbocycles. The summed E-state index contributed by atoms with van der Waals surface area (Å²) in [5, 5.41) is 3.38. The highest BCUT2D eigenvalue weighted by molar-refractivity contribution is 9.10. The summed E-state index contributed by atoms with van der Waals surface area (Å²) in [7, 11) is 0. The van der Waals surface area contributed by atoms with Gasteiger partial charge in [0.2, 0.25) is 0 Å². The van der Waals surface area contributed by atoms with E-state index < -0.39 is 0 Å². The number of hydrogen-bond acceptors (Lipinski definition) is 3. The van der Waals surface area contributed by atoms with Crippen LogP contribution >= 0.6 is 27.5 Å². The van der Waals surface area contributed by atoms with E-state index in [1.807, 2.05) is 12.1 Å². The molecule has 0 spiro atoms. The van der Waals surface area contributed by atoms with Gasteiger partial charge in [-0.3, -0.25) is 14.2 Å². The van der Waals surface area contributed by atoms with Crippen molar-refractivity contribution >= 4 is 39.1 Å². The second-order valence-corrected chi connectivity index (χ2v) is 5.69. The topological polar surface area (TPSA) is 59.3 Å². The molecule has 1 amide bonds. The number of halogens is 2. The zero-order valence-electron chi connectivity index (χ0n) is 10.8. The number of nitrogens with zero attached hydrogens (tertiary/aromatic N) is 3. The molecule has 106 valence electrons. The van der Waals surface area contributed by atoms with Gasteiger partial charge in [0.15, 0.2) is 0 Å². The number of nitrogens with one attached hydrogen (secondary N) is 1. The summed E-state index contributed by atoms with van der Waals surface area (Å²) >= 11 is 9.35. The molecule has 0 aliphatic rings. The first kappa shape index (κ1) is 14.0. The monoisotopic (exact) mass is 364 g/mol. The number of fused-ring (bicyclic) bond motifs is 1. The highest BCUT2D eigenvalue weighted by atomic mass is 79.9. The summed E-state index contributed by atoms with van der Waals surface area (Å²) in [5.74, 6) is -0.202. The van der Waals surface area contributed by atoms with E-state index in [-0.39, 0.29) is 5.91 Å². The van der Waals surface area contributed by atoms with Gasteiger partial charge in [-0.25, -0.2) is 4.98 Å². The minimum Gasteiger partial charge on any atom is -0.346 e. The van der Waals surface area contributed by atoms with Gasteiger partial charge in [0.25, 0.3) is 5.91 Å². The Labute approximate surface area is 134 Å². The molecule has 3 heterocycles. The van der Waals surface area contributed by atoms with E-state index in [9.17, 15) is 4.79 Å². The lowest BCUT2D eigenvalue weighted by molar-refractivity contribution is 0.0950. The molecule has 0 saturated carbocycles. The van der Waals surface area contributed by atoms with Crippen molar-refractivity contribution in [2.75, 3.05) is 0 Å². The van der Waals surface area contributed by atoms with Crippen LogP contribution in [0.1, 0.15) is 16.1 Å². The van der Waals surface area contributed by atoms with Crippen LogP contribution in [-0.4, -0.2) is 20.3 Å². The Morgan fingerprint density at radius 1 is 1.38 bits per heavy atom. The summed E-state index contributed by atoms with van der Waals surface area (Å²) in [6.07, 6.45) is 4.94. The van der Waals surface area contributed by atoms with Crippen LogP contribution in [0.2, 0.25) is 5.15 Å². The van der Waals surface area contributed by atoms with E-state index in [1.54, 1.807) is 28.9 Å². The van der Waals surface area contributed by atoms with Gasteiger partial charge in [-0.1, -0.05) is 17.7 Å². The van der Waals surface area contributed by atoms with Crippen molar-refractivity contribution in [2.24, 2.45) is 0 Å². The number of aromatic nitrogens is 3. The Hall–Kier alpha value is -1.92. The average molecular weight is 366 g/mol. The van der Waals surface area contributed by atoms with Crippen molar-refractivity contribution in [1.82, 2.24) is 19.7 Å². The van der Waals surface area contributed by atoms with Crippen LogP contribution in [0, 0.1) is 0 Å². The first-order valence-corrected chi connectivity index (χ1v) is 7.32. The van der Waals surface area contributed by atoms with Crippen molar-refractivity contribution in [3.63, 3.8) is 0 Å². The fraction of sp³-hybridized carbons (Fsp3) is 0.0714. The highest BCUT2D eigenvalue weighted by Gasteiger charge is 2.08. The number of carbonyl (C=O) groups excluding carboxylic acids is 1. The molecule has 1 N–H and O–H groups in total. The smallest absolute Gasteiger partial charge is 0.253 e. The maximum atomic E-state index is 12.0. The predicted octanol–water partition coefficient (Wildman–Crippen LogP) is 3.08. The largest absolute Gasteiger partial charge is 0.346 e. The van der Waals surface area contributed by atoms with Crippen LogP contribution in [0.15, 0.2) is 47.3 Å². The number of amides is 1. The maximum absolute atomic E-state index is 12.0. The Bertz CT molecular complexity index is 818. The molecule has 5 nitrogen and oxygen atoms in total. The predicted molar refractivity (Wildman–Crippen MR) is 83.3 cm³/mol. The molecule has 3 rings (SSSR count). The van der Waals surface area contributed by atoms with Crippen LogP contribution in [0.3, 0.4) is 0 Å². The Morgan fingerprint density at radius 2 is 2.24 bits per heavy atom. The molecule has 0 aliphatic heterocycles. The van der Waals surface area contributed by atoms with E-state index in [0.717, 1.165) is 15.8 Å². The summed E-state index contributed by atoms with van der Waals surface area (Å²) in [5.41, 5.74) is 1.97. The standard InChI is InChI=1S/C14H10BrClN4O/c15-10-4-9(5-17-6-10)14(21)18-7-11-8-20-12(16)2-1-3-13(20)19-11/h1-6,8H,7H2,(H,18,21). The van der Waals surface area contributed by atoms with Gasteiger partial charge in [-0.15, -0.1) is 0 Å². The lowest BCUT2D eigenvalue weighted by Crippen LogP contribution is -2.23. The molecule has 0 aliphatic carbocycles. The first-order chi connectivity index (χ1) is 10.1. The number of hydrogen-bond donors (Lipinski definition) is 1. The van der Waals surface area contributed by atoms with Crippen LogP contribution in [0.25, 0.3) is 5.65 Å². The third kappa shape index (κ3) is 3.06. The Kier molecular flexibility index (Phi) is 3.90. The van der Waals surface area contributed by atoms with E-state index >= 15 is 0 Å². The minimum absolute atomic E-state index is 0.202. The fourth-order valence-corrected chi connectivity index (χ4v) is 2.49. The quantitative estimate of drug-likeness (QED) is 0.726. The molecule has 0 saturated heterocycles. The Morgan fingerprint density at radius 3 is 3.00 bits per heavy atom. The average Bonchev–Trinajstić information content (AvgIpc) is 2.89. The molecular formula is C14H10BrClN4O. The van der Waals surface area contributed by atoms with Crippen molar-refractivity contribution < 1.29 is 4.79 Å². The van der Waals surface area contributed by atoms with Crippen LogP contribution in [0.5, 0.6) is 0 Å². The fourth-order valence-electron chi connectivity index (χ4n) is 1.92. The Balaban J connectivity index is 1.74. The molecule has 7 heteroatoms. The third-order valence-corrected chi connectivity index (χ3v) is 3.63. The molecule has 0 atom stereocenters. The third-order valence-electron chi connectivity index (χ3n) is 2.89. The summed E-state index contributed by atoms with van der Waals surface area (Å²) in [6, 6.07) is 7.18. The SMILES string of the molecule is O=C(NCc1cn2c(Cl)cccc2n1)c1cncc(Br)c1. The van der Waals surface area contributed by atoms with Gasteiger partial charge in [-0.05, 0) is 34.1 Å². The minimum atomic E-state index is -0.202. The molecule has 21 heavy (non-hydrogen) atoms. The normalized spacial score (nSPS) is 10.8. The number of rotatable bonds is 3. The van der Waals surface area contributed by atoms with Gasteiger partial charge >= 0.3 is 0 Å². The second-order valence-electron chi connectivity index (χ2n) is 4.38. The van der Waals surface area contributed by atoms with Gasteiger partial charge < -0.3 is 5.32 Å². The number of imidazole rings is 1. The molecule has 0 radical (unpaired) electrons. The number of carbonyl (C=O) groups is 1. The second kappa shape index (κ2) is 5.83. The number of pyridine rings is 2. The van der Waals surface area contributed by atoms with E-state index in [2.05, 4.69) is 31.2 Å². The van der Waals surface area contributed by atoms with E-state index in [4.69, 9.17) is 11.6 Å². The van der Waals surface area contributed by atoms with Crippen molar-refractivity contribution in [2.45, 2.75) is 6.54 Å². The van der Waals surface area contributed by atoms with Gasteiger partial charge in [0, 0.05) is 23.1 Å². The van der Waals surface area contributed by atoms with Crippen LogP contribution in [-0.2, 0) is 6.54 Å². The zero-order chi connectivity index (χ0) is 14.8. The van der Waals surface area contributed by atoms with Crippen molar-refractivity contribution in [1.29, 1.82) is 0 Å². The van der Waals surface area contributed by atoms with Gasteiger partial charge in [0.1, 0.15) is 10.8 Å². The van der Waals surface area contributed by atoms with Gasteiger partial charge in [0.05, 0.1) is 17.8 Å². The van der Waals surface area contributed by atoms with Gasteiger partial charge in [-0.2, -0.15) is 0 Å². The van der Waals surface area contributed by atoms with Crippen LogP contribution < -0.4 is 5.32 Å². The summed E-state index contributed by atoms with van der Waals surface area (Å²) in [6.45, 7) is 0.323. The maximum Gasteiger partial charge on any atom is 0.253 e. The zero-order valence-corrected chi connectivity index (χ0v) is 13.1. The lowest BCUT2D eigenvalue weighted by Gasteiger charge is -2.02. The molecular weight excluding hydrogens is 356 g/mol. The van der Waals surface area contributed by atoms with Crippen molar-refractivity contribution in [3.05, 3.63) is 63.7 Å². The molecule has 0 unspecified atom stereocenters. The van der Waals surface area contributed by atoms with E-state index in [1.165, 1.54) is 6.20 Å².